The first-order valence-electron chi connectivity index (χ1n) is 15.8. The van der Waals surface area contributed by atoms with E-state index in [1.54, 1.807) is 32.3 Å². The lowest BCUT2D eigenvalue weighted by molar-refractivity contribution is -0.141. The molecule has 2 aliphatic heterocycles. The molecule has 2 aromatic heterocycles. The van der Waals surface area contributed by atoms with Gasteiger partial charge in [0.15, 0.2) is 5.75 Å². The van der Waals surface area contributed by atoms with Crippen LogP contribution in [-0.2, 0) is 16.1 Å². The van der Waals surface area contributed by atoms with Crippen LogP contribution in [-0.4, -0.2) is 94.1 Å². The van der Waals surface area contributed by atoms with E-state index in [1.165, 1.54) is 0 Å². The van der Waals surface area contributed by atoms with Crippen LogP contribution in [0.15, 0.2) is 42.7 Å². The van der Waals surface area contributed by atoms with Gasteiger partial charge in [-0.2, -0.15) is 0 Å². The molecule has 2 aliphatic rings. The summed E-state index contributed by atoms with van der Waals surface area (Å²) in [7, 11) is 0. The number of carbonyl (C=O) groups is 2. The summed E-state index contributed by atoms with van der Waals surface area (Å²) in [4.78, 5) is 43.2. The molecule has 1 amide bonds. The van der Waals surface area contributed by atoms with Crippen LogP contribution >= 0.6 is 23.2 Å². The number of hydrogen-bond donors (Lipinski definition) is 2. The number of nitrogens with zero attached hydrogens (tertiary/aromatic N) is 6. The van der Waals surface area contributed by atoms with Crippen molar-refractivity contribution in [2.24, 2.45) is 11.8 Å². The van der Waals surface area contributed by atoms with Crippen LogP contribution in [0.2, 0.25) is 10.0 Å². The number of anilines is 1. The van der Waals surface area contributed by atoms with Crippen LogP contribution in [0.1, 0.15) is 38.7 Å². The second-order valence-corrected chi connectivity index (χ2v) is 13.1. The summed E-state index contributed by atoms with van der Waals surface area (Å²) in [5.74, 6) is 0.928. The van der Waals surface area contributed by atoms with E-state index in [0.717, 1.165) is 82.9 Å². The average Bonchev–Trinajstić information content (AvgIpc) is 3.03. The third-order valence-electron chi connectivity index (χ3n) is 8.56. The number of carboxylic acid groups (broad SMARTS) is 1. The first-order valence-corrected chi connectivity index (χ1v) is 16.5. The number of benzene rings is 1. The molecule has 0 bridgehead atoms. The molecule has 3 aromatic rings. The molecule has 2 saturated heterocycles. The monoisotopic (exact) mass is 669 g/mol. The number of hydrogen-bond acceptors (Lipinski definition) is 9. The van der Waals surface area contributed by atoms with E-state index in [0.29, 0.717) is 45.7 Å². The number of piperazine rings is 1. The van der Waals surface area contributed by atoms with E-state index in [1.807, 2.05) is 24.3 Å². The molecule has 0 radical (unpaired) electrons. The van der Waals surface area contributed by atoms with Gasteiger partial charge in [0.2, 0.25) is 17.7 Å². The Morgan fingerprint density at radius 2 is 1.65 bits per heavy atom. The minimum absolute atomic E-state index is 0.0136. The molecule has 0 saturated carbocycles. The average molecular weight is 671 g/mol. The van der Waals surface area contributed by atoms with Crippen LogP contribution < -0.4 is 15.0 Å². The van der Waals surface area contributed by atoms with Gasteiger partial charge in [-0.1, -0.05) is 30.1 Å². The van der Waals surface area contributed by atoms with Gasteiger partial charge in [0, 0.05) is 67.9 Å². The molecule has 2 N–H and O–H groups in total. The summed E-state index contributed by atoms with van der Waals surface area (Å²) in [6, 6.07) is 9.34. The van der Waals surface area contributed by atoms with Crippen LogP contribution in [0.4, 0.5) is 5.95 Å². The predicted molar refractivity (Wildman–Crippen MR) is 179 cm³/mol. The normalized spacial score (nSPS) is 17.1. The summed E-state index contributed by atoms with van der Waals surface area (Å²) < 4.78 is 6.20. The van der Waals surface area contributed by atoms with Gasteiger partial charge in [-0.15, -0.1) is 0 Å². The number of carbonyl (C=O) groups excluding carboxylic acids is 1. The molecule has 246 valence electrons. The number of likely N-dealkylation sites (tertiary alicyclic amines) is 1. The van der Waals surface area contributed by atoms with Crippen molar-refractivity contribution in [2.75, 3.05) is 57.3 Å². The van der Waals surface area contributed by atoms with Gasteiger partial charge < -0.3 is 20.1 Å². The van der Waals surface area contributed by atoms with Crippen molar-refractivity contribution in [2.45, 2.75) is 39.7 Å². The lowest BCUT2D eigenvalue weighted by atomic mass is 9.96. The van der Waals surface area contributed by atoms with Crippen molar-refractivity contribution >= 4 is 41.0 Å². The molecule has 0 unspecified atom stereocenters. The molecule has 2 fully saturated rings. The van der Waals surface area contributed by atoms with Gasteiger partial charge in [-0.05, 0) is 74.6 Å². The highest BCUT2D eigenvalue weighted by atomic mass is 35.5. The molecular weight excluding hydrogens is 629 g/mol. The number of nitrogens with one attached hydrogen (secondary N) is 1. The SMILES string of the molecule is CC(=O)NCC1CCN(Cc2cc(Oc3cnc(N4CCN(CC[C@@H](C)C(=O)O)CC4)nc3)nc(-c3cc(Cl)cc(Cl)c3)c2)CC1. The molecule has 1 aromatic carbocycles. The lowest BCUT2D eigenvalue weighted by Gasteiger charge is -2.34. The van der Waals surface area contributed by atoms with Crippen LogP contribution in [0.5, 0.6) is 11.6 Å². The van der Waals surface area contributed by atoms with Crippen molar-refractivity contribution < 1.29 is 19.4 Å². The largest absolute Gasteiger partial charge is 0.481 e. The first kappa shape index (κ1) is 33.8. The lowest BCUT2D eigenvalue weighted by Crippen LogP contribution is -2.47. The number of halogens is 2. The highest BCUT2D eigenvalue weighted by molar-refractivity contribution is 6.35. The van der Waals surface area contributed by atoms with Gasteiger partial charge in [0.05, 0.1) is 24.0 Å². The Hall–Kier alpha value is -3.51. The summed E-state index contributed by atoms with van der Waals surface area (Å²) >= 11 is 12.7. The third-order valence-corrected chi connectivity index (χ3v) is 9.00. The fourth-order valence-electron chi connectivity index (χ4n) is 5.76. The third kappa shape index (κ3) is 9.75. The summed E-state index contributed by atoms with van der Waals surface area (Å²) in [5, 5.41) is 13.1. The first-order chi connectivity index (χ1) is 22.1. The Morgan fingerprint density at radius 3 is 2.28 bits per heavy atom. The van der Waals surface area contributed by atoms with Gasteiger partial charge >= 0.3 is 5.97 Å². The van der Waals surface area contributed by atoms with E-state index < -0.39 is 5.97 Å². The number of ether oxygens (including phenoxy) is 1. The maximum atomic E-state index is 11.3. The van der Waals surface area contributed by atoms with E-state index in [9.17, 15) is 9.59 Å². The molecule has 13 heteroatoms. The maximum Gasteiger partial charge on any atom is 0.306 e. The number of carboxylic acids is 1. The Labute approximate surface area is 279 Å². The van der Waals surface area contributed by atoms with Crippen molar-refractivity contribution in [3.05, 3.63) is 58.3 Å². The van der Waals surface area contributed by atoms with E-state index in [-0.39, 0.29) is 11.8 Å². The van der Waals surface area contributed by atoms with Crippen molar-refractivity contribution in [3.63, 3.8) is 0 Å². The fourth-order valence-corrected chi connectivity index (χ4v) is 6.29. The smallest absolute Gasteiger partial charge is 0.306 e. The molecule has 0 spiro atoms. The van der Waals surface area contributed by atoms with Crippen LogP contribution in [0, 0.1) is 11.8 Å². The zero-order valence-corrected chi connectivity index (χ0v) is 27.8. The van der Waals surface area contributed by atoms with Gasteiger partial charge in [0.1, 0.15) is 0 Å². The number of aromatic nitrogens is 3. The van der Waals surface area contributed by atoms with Crippen molar-refractivity contribution in [1.82, 2.24) is 30.1 Å². The highest BCUT2D eigenvalue weighted by Gasteiger charge is 2.22. The summed E-state index contributed by atoms with van der Waals surface area (Å²) in [6.45, 7) is 10.6. The Morgan fingerprint density at radius 1 is 0.978 bits per heavy atom. The summed E-state index contributed by atoms with van der Waals surface area (Å²) in [6.07, 6.45) is 6.00. The van der Waals surface area contributed by atoms with Gasteiger partial charge in [-0.3, -0.25) is 19.4 Å². The van der Waals surface area contributed by atoms with Crippen molar-refractivity contribution in [3.8, 4) is 22.9 Å². The van der Waals surface area contributed by atoms with Crippen molar-refractivity contribution in [1.29, 1.82) is 0 Å². The number of rotatable bonds is 12. The molecule has 5 rings (SSSR count). The minimum atomic E-state index is -0.752. The Balaban J connectivity index is 1.24. The highest BCUT2D eigenvalue weighted by Crippen LogP contribution is 2.31. The van der Waals surface area contributed by atoms with E-state index in [2.05, 4.69) is 30.0 Å². The molecular formula is C33H41Cl2N7O4. The number of amides is 1. The zero-order chi connectivity index (χ0) is 32.6. The van der Waals surface area contributed by atoms with E-state index in [4.69, 9.17) is 38.0 Å². The standard InChI is InChI=1S/C33H41Cl2N7O4/c1-22(32(44)45)3-6-40-9-11-42(12-10-40)33-37-19-29(20-38-33)46-31-14-25(13-30(39-31)26-15-27(34)17-28(35)16-26)21-41-7-4-24(5-8-41)18-36-23(2)43/h13-17,19-20,22,24H,3-12,18,21H2,1-2H3,(H,36,43)(H,44,45)/t22-/m1/s1. The molecule has 0 aliphatic carbocycles. The van der Waals surface area contributed by atoms with Gasteiger partial charge in [0.25, 0.3) is 0 Å². The number of pyridine rings is 1. The number of aliphatic carboxylic acids is 1. The van der Waals surface area contributed by atoms with Crippen LogP contribution in [0.25, 0.3) is 11.3 Å². The molecule has 46 heavy (non-hydrogen) atoms. The molecule has 4 heterocycles. The fraction of sp³-hybridized carbons (Fsp3) is 0.485. The molecule has 11 nitrogen and oxygen atoms in total. The predicted octanol–water partition coefficient (Wildman–Crippen LogP) is 5.22. The second-order valence-electron chi connectivity index (χ2n) is 12.2. The zero-order valence-electron chi connectivity index (χ0n) is 26.3. The Bertz CT molecular complexity index is 1470. The summed E-state index contributed by atoms with van der Waals surface area (Å²) in [5.41, 5.74) is 2.54. The van der Waals surface area contributed by atoms with Gasteiger partial charge in [-0.25, -0.2) is 15.0 Å². The maximum absolute atomic E-state index is 11.3. The topological polar surface area (TPSA) is 124 Å². The van der Waals surface area contributed by atoms with Crippen LogP contribution in [0.3, 0.4) is 0 Å². The Kier molecular flexibility index (Phi) is 11.7. The second kappa shape index (κ2) is 15.9. The quantitative estimate of drug-likeness (QED) is 0.265. The molecule has 1 atom stereocenters. The van der Waals surface area contributed by atoms with E-state index >= 15 is 0 Å². The minimum Gasteiger partial charge on any atom is -0.481 e. The number of piperidine rings is 1.